The van der Waals surface area contributed by atoms with Crippen LogP contribution in [0.1, 0.15) is 41.3 Å². The quantitative estimate of drug-likeness (QED) is 0.940. The van der Waals surface area contributed by atoms with Crippen LogP contribution in [0.5, 0.6) is 0 Å². The number of nitrogens with zero attached hydrogens (tertiary/aromatic N) is 3. The van der Waals surface area contributed by atoms with Crippen molar-refractivity contribution < 1.29 is 14.0 Å². The van der Waals surface area contributed by atoms with Crippen LogP contribution in [0, 0.1) is 13.8 Å². The molecule has 0 radical (unpaired) electrons. The number of nitrogens with one attached hydrogen (secondary N) is 1. The Labute approximate surface area is 134 Å². The Morgan fingerprint density at radius 1 is 1.39 bits per heavy atom. The molecule has 2 amide bonds. The second-order valence-corrected chi connectivity index (χ2v) is 5.88. The van der Waals surface area contributed by atoms with E-state index in [1.807, 2.05) is 22.7 Å². The minimum absolute atomic E-state index is 0.00362. The number of furan rings is 1. The molecular weight excluding hydrogens is 296 g/mol. The van der Waals surface area contributed by atoms with Gasteiger partial charge in [-0.15, -0.1) is 0 Å². The molecule has 1 unspecified atom stereocenters. The van der Waals surface area contributed by atoms with Crippen LogP contribution in [0.3, 0.4) is 0 Å². The molecule has 7 nitrogen and oxygen atoms in total. The van der Waals surface area contributed by atoms with E-state index in [1.165, 1.54) is 6.92 Å². The summed E-state index contributed by atoms with van der Waals surface area (Å²) in [6.07, 6.45) is 2.67. The molecule has 122 valence electrons. The summed E-state index contributed by atoms with van der Waals surface area (Å²) in [7, 11) is 0. The summed E-state index contributed by atoms with van der Waals surface area (Å²) in [5.41, 5.74) is 0.627. The number of hydrogen-bond donors (Lipinski definition) is 1. The van der Waals surface area contributed by atoms with E-state index in [9.17, 15) is 9.59 Å². The van der Waals surface area contributed by atoms with E-state index in [0.29, 0.717) is 30.2 Å². The van der Waals surface area contributed by atoms with Crippen molar-refractivity contribution in [3.05, 3.63) is 35.4 Å². The third-order valence-electron chi connectivity index (χ3n) is 4.01. The highest BCUT2D eigenvalue weighted by molar-refractivity contribution is 5.95. The van der Waals surface area contributed by atoms with E-state index in [2.05, 4.69) is 10.4 Å². The fourth-order valence-corrected chi connectivity index (χ4v) is 2.94. The molecular formula is C16H20N4O3. The van der Waals surface area contributed by atoms with Gasteiger partial charge in [0.2, 0.25) is 5.91 Å². The van der Waals surface area contributed by atoms with E-state index >= 15 is 0 Å². The third-order valence-corrected chi connectivity index (χ3v) is 4.01. The van der Waals surface area contributed by atoms with E-state index in [-0.39, 0.29) is 17.9 Å². The van der Waals surface area contributed by atoms with Crippen LogP contribution in [0.25, 0.3) is 0 Å². The molecule has 3 rings (SSSR count). The van der Waals surface area contributed by atoms with Crippen LogP contribution in [0.2, 0.25) is 0 Å². The van der Waals surface area contributed by atoms with Crippen molar-refractivity contribution in [3.8, 4) is 0 Å². The molecule has 0 saturated carbocycles. The lowest BCUT2D eigenvalue weighted by Gasteiger charge is -2.16. The van der Waals surface area contributed by atoms with Crippen molar-refractivity contribution in [3.63, 3.8) is 0 Å². The zero-order valence-electron chi connectivity index (χ0n) is 13.5. The predicted molar refractivity (Wildman–Crippen MR) is 84.3 cm³/mol. The first-order valence-electron chi connectivity index (χ1n) is 7.63. The topological polar surface area (TPSA) is 80.4 Å². The highest BCUT2D eigenvalue weighted by Gasteiger charge is 2.30. The molecule has 7 heteroatoms. The number of likely N-dealkylation sites (tertiary alicyclic amines) is 1. The molecule has 0 aliphatic carbocycles. The predicted octanol–water partition coefficient (Wildman–Crippen LogP) is 2.14. The Hall–Kier alpha value is -2.57. The summed E-state index contributed by atoms with van der Waals surface area (Å²) in [5, 5.41) is 7.00. The van der Waals surface area contributed by atoms with Crippen LogP contribution in [-0.4, -0.2) is 39.6 Å². The average Bonchev–Trinajstić information content (AvgIpc) is 3.17. The maximum Gasteiger partial charge on any atom is 0.257 e. The van der Waals surface area contributed by atoms with Gasteiger partial charge in [0, 0.05) is 32.3 Å². The number of rotatable bonds is 3. The highest BCUT2D eigenvalue weighted by atomic mass is 16.3. The largest absolute Gasteiger partial charge is 0.466 e. The minimum atomic E-state index is -0.149. The number of anilines is 1. The van der Waals surface area contributed by atoms with E-state index in [4.69, 9.17) is 4.42 Å². The lowest BCUT2D eigenvalue weighted by molar-refractivity contribution is -0.114. The number of hydrogen-bond acceptors (Lipinski definition) is 4. The SMILES string of the molecule is CC(=O)Nc1ccn(C2CCN(C(=O)c3cc(C)oc3C)C2)n1. The molecule has 2 aromatic heterocycles. The number of carbonyl (C=O) groups excluding carboxylic acids is 2. The van der Waals surface area contributed by atoms with Gasteiger partial charge in [-0.3, -0.25) is 14.3 Å². The van der Waals surface area contributed by atoms with E-state index < -0.39 is 0 Å². The van der Waals surface area contributed by atoms with E-state index in [0.717, 1.165) is 12.2 Å². The fourth-order valence-electron chi connectivity index (χ4n) is 2.94. The Kier molecular flexibility index (Phi) is 3.94. The monoisotopic (exact) mass is 316 g/mol. The zero-order valence-corrected chi connectivity index (χ0v) is 13.5. The third kappa shape index (κ3) is 3.13. The second kappa shape index (κ2) is 5.91. The van der Waals surface area contributed by atoms with Gasteiger partial charge >= 0.3 is 0 Å². The molecule has 0 spiro atoms. The summed E-state index contributed by atoms with van der Waals surface area (Å²) in [5.74, 6) is 1.78. The van der Waals surface area contributed by atoms with Crippen LogP contribution in [-0.2, 0) is 4.79 Å². The Morgan fingerprint density at radius 3 is 2.83 bits per heavy atom. The highest BCUT2D eigenvalue weighted by Crippen LogP contribution is 2.25. The summed E-state index contributed by atoms with van der Waals surface area (Å²) >= 11 is 0. The maximum atomic E-state index is 12.6. The summed E-state index contributed by atoms with van der Waals surface area (Å²) in [6.45, 7) is 6.38. The second-order valence-electron chi connectivity index (χ2n) is 5.88. The van der Waals surface area contributed by atoms with E-state index in [1.54, 1.807) is 19.1 Å². The normalized spacial score (nSPS) is 17.5. The standard InChI is InChI=1S/C16H20N4O3/c1-10-8-14(11(2)23-10)16(22)19-6-4-13(9-19)20-7-5-15(18-20)17-12(3)21/h5,7-8,13H,4,6,9H2,1-3H3,(H,17,18,21). The summed E-state index contributed by atoms with van der Waals surface area (Å²) in [4.78, 5) is 25.5. The lowest BCUT2D eigenvalue weighted by Crippen LogP contribution is -2.29. The molecule has 1 saturated heterocycles. The lowest BCUT2D eigenvalue weighted by atomic mass is 10.2. The number of aromatic nitrogens is 2. The molecule has 1 fully saturated rings. The molecule has 1 aliphatic rings. The summed E-state index contributed by atoms with van der Waals surface area (Å²) in [6, 6.07) is 3.67. The van der Waals surface area contributed by atoms with Crippen molar-refractivity contribution >= 4 is 17.6 Å². The van der Waals surface area contributed by atoms with Crippen LogP contribution in [0.4, 0.5) is 5.82 Å². The summed E-state index contributed by atoms with van der Waals surface area (Å²) < 4.78 is 7.25. The van der Waals surface area contributed by atoms with Gasteiger partial charge in [-0.1, -0.05) is 0 Å². The van der Waals surface area contributed by atoms with Crippen LogP contribution >= 0.6 is 0 Å². The van der Waals surface area contributed by atoms with Crippen LogP contribution < -0.4 is 5.32 Å². The van der Waals surface area contributed by atoms with Gasteiger partial charge in [0.25, 0.3) is 5.91 Å². The Morgan fingerprint density at radius 2 is 2.17 bits per heavy atom. The van der Waals surface area contributed by atoms with Crippen molar-refractivity contribution in [1.29, 1.82) is 0 Å². The molecule has 1 N–H and O–H groups in total. The van der Waals surface area contributed by atoms with Gasteiger partial charge in [0.05, 0.1) is 11.6 Å². The van der Waals surface area contributed by atoms with Crippen molar-refractivity contribution in [2.45, 2.75) is 33.2 Å². The minimum Gasteiger partial charge on any atom is -0.466 e. The number of aryl methyl sites for hydroxylation is 2. The molecule has 23 heavy (non-hydrogen) atoms. The van der Waals surface area contributed by atoms with Gasteiger partial charge in [-0.05, 0) is 26.3 Å². The fraction of sp³-hybridized carbons (Fsp3) is 0.438. The van der Waals surface area contributed by atoms with Gasteiger partial charge < -0.3 is 14.6 Å². The molecule has 2 aromatic rings. The number of carbonyl (C=O) groups is 2. The van der Waals surface area contributed by atoms with Crippen molar-refractivity contribution in [2.24, 2.45) is 0 Å². The first kappa shape index (κ1) is 15.3. The van der Waals surface area contributed by atoms with Gasteiger partial charge in [0.1, 0.15) is 11.5 Å². The Balaban J connectivity index is 1.68. The van der Waals surface area contributed by atoms with Crippen LogP contribution in [0.15, 0.2) is 22.7 Å². The van der Waals surface area contributed by atoms with Crippen molar-refractivity contribution in [2.75, 3.05) is 18.4 Å². The Bertz CT molecular complexity index is 746. The number of amides is 2. The van der Waals surface area contributed by atoms with Gasteiger partial charge in [-0.25, -0.2) is 0 Å². The smallest absolute Gasteiger partial charge is 0.257 e. The average molecular weight is 316 g/mol. The maximum absolute atomic E-state index is 12.6. The zero-order chi connectivity index (χ0) is 16.6. The molecule has 0 bridgehead atoms. The molecule has 1 atom stereocenters. The molecule has 3 heterocycles. The molecule has 1 aliphatic heterocycles. The van der Waals surface area contributed by atoms with Gasteiger partial charge in [0.15, 0.2) is 5.82 Å². The van der Waals surface area contributed by atoms with Gasteiger partial charge in [-0.2, -0.15) is 5.10 Å². The first-order chi connectivity index (χ1) is 10.9. The first-order valence-corrected chi connectivity index (χ1v) is 7.63. The molecule has 0 aromatic carbocycles. The van der Waals surface area contributed by atoms with Crippen molar-refractivity contribution in [1.82, 2.24) is 14.7 Å².